The molecule has 0 aliphatic heterocycles. The van der Waals surface area contributed by atoms with Gasteiger partial charge in [0.25, 0.3) is 0 Å². The summed E-state index contributed by atoms with van der Waals surface area (Å²) in [7, 11) is 5.49. The Kier molecular flexibility index (Phi) is 3.23. The van der Waals surface area contributed by atoms with E-state index < -0.39 is 0 Å². The molecule has 0 aliphatic carbocycles. The standard InChI is InChI=1S/C13H15N3O/c1-16(2)13-14-8-11(9-15-13)10-5-4-6-12(7-10)17-3/h4-9H,1-3H3. The maximum Gasteiger partial charge on any atom is 0.224 e. The Hall–Kier alpha value is -2.10. The molecule has 0 saturated heterocycles. The van der Waals surface area contributed by atoms with Crippen molar-refractivity contribution in [3.8, 4) is 16.9 Å². The number of ether oxygens (including phenoxy) is 1. The van der Waals surface area contributed by atoms with E-state index >= 15 is 0 Å². The van der Waals surface area contributed by atoms with Crippen LogP contribution in [0.25, 0.3) is 11.1 Å². The van der Waals surface area contributed by atoms with Gasteiger partial charge in [-0.05, 0) is 17.7 Å². The summed E-state index contributed by atoms with van der Waals surface area (Å²) >= 11 is 0. The van der Waals surface area contributed by atoms with Crippen LogP contribution in [0.15, 0.2) is 36.7 Å². The molecular formula is C13H15N3O. The minimum atomic E-state index is 0.705. The van der Waals surface area contributed by atoms with Crippen LogP contribution in [0.4, 0.5) is 5.95 Å². The normalized spacial score (nSPS) is 10.1. The van der Waals surface area contributed by atoms with E-state index in [2.05, 4.69) is 9.97 Å². The molecule has 0 aliphatic rings. The van der Waals surface area contributed by atoms with Gasteiger partial charge in [0, 0.05) is 32.1 Å². The number of methoxy groups -OCH3 is 1. The van der Waals surface area contributed by atoms with Crippen LogP contribution in [-0.2, 0) is 0 Å². The SMILES string of the molecule is COc1cccc(-c2cnc(N(C)C)nc2)c1. The highest BCUT2D eigenvalue weighted by Crippen LogP contribution is 2.22. The molecule has 17 heavy (non-hydrogen) atoms. The van der Waals surface area contributed by atoms with Crippen LogP contribution in [0.5, 0.6) is 5.75 Å². The average Bonchev–Trinajstić information content (AvgIpc) is 2.39. The summed E-state index contributed by atoms with van der Waals surface area (Å²) < 4.78 is 5.19. The van der Waals surface area contributed by atoms with E-state index in [0.29, 0.717) is 5.95 Å². The Balaban J connectivity index is 2.32. The van der Waals surface area contributed by atoms with E-state index in [9.17, 15) is 0 Å². The maximum atomic E-state index is 5.19. The molecule has 0 amide bonds. The number of anilines is 1. The Morgan fingerprint density at radius 1 is 1.06 bits per heavy atom. The second-order valence-corrected chi connectivity index (χ2v) is 3.90. The van der Waals surface area contributed by atoms with Crippen molar-refractivity contribution in [1.29, 1.82) is 0 Å². The van der Waals surface area contributed by atoms with E-state index in [1.165, 1.54) is 0 Å². The lowest BCUT2D eigenvalue weighted by Crippen LogP contribution is -2.12. The van der Waals surface area contributed by atoms with Crippen molar-refractivity contribution in [3.63, 3.8) is 0 Å². The molecule has 2 rings (SSSR count). The highest BCUT2D eigenvalue weighted by atomic mass is 16.5. The molecule has 0 bridgehead atoms. The summed E-state index contributed by atoms with van der Waals surface area (Å²) in [4.78, 5) is 10.4. The Morgan fingerprint density at radius 3 is 2.35 bits per heavy atom. The molecular weight excluding hydrogens is 214 g/mol. The van der Waals surface area contributed by atoms with Crippen LogP contribution in [0, 0.1) is 0 Å². The van der Waals surface area contributed by atoms with Crippen molar-refractivity contribution in [2.45, 2.75) is 0 Å². The predicted octanol–water partition coefficient (Wildman–Crippen LogP) is 2.22. The van der Waals surface area contributed by atoms with Gasteiger partial charge >= 0.3 is 0 Å². The van der Waals surface area contributed by atoms with Gasteiger partial charge in [-0.2, -0.15) is 0 Å². The molecule has 0 saturated carbocycles. The molecule has 0 atom stereocenters. The van der Waals surface area contributed by atoms with Gasteiger partial charge in [0.2, 0.25) is 5.95 Å². The number of hydrogen-bond donors (Lipinski definition) is 0. The van der Waals surface area contributed by atoms with Crippen LogP contribution in [0.1, 0.15) is 0 Å². The fraction of sp³-hybridized carbons (Fsp3) is 0.231. The van der Waals surface area contributed by atoms with Crippen molar-refractivity contribution < 1.29 is 4.74 Å². The van der Waals surface area contributed by atoms with Gasteiger partial charge < -0.3 is 9.64 Å². The maximum absolute atomic E-state index is 5.19. The third-order valence-electron chi connectivity index (χ3n) is 2.44. The van der Waals surface area contributed by atoms with Crippen molar-refractivity contribution in [2.75, 3.05) is 26.1 Å². The molecule has 0 spiro atoms. The van der Waals surface area contributed by atoms with E-state index in [-0.39, 0.29) is 0 Å². The van der Waals surface area contributed by atoms with E-state index in [1.54, 1.807) is 7.11 Å². The number of nitrogens with zero attached hydrogens (tertiary/aromatic N) is 3. The number of hydrogen-bond acceptors (Lipinski definition) is 4. The summed E-state index contributed by atoms with van der Waals surface area (Å²) in [6.45, 7) is 0. The zero-order chi connectivity index (χ0) is 12.3. The van der Waals surface area contributed by atoms with Crippen LogP contribution < -0.4 is 9.64 Å². The van der Waals surface area contributed by atoms with Gasteiger partial charge in [-0.25, -0.2) is 9.97 Å². The molecule has 4 nitrogen and oxygen atoms in total. The fourth-order valence-corrected chi connectivity index (χ4v) is 1.50. The lowest BCUT2D eigenvalue weighted by Gasteiger charge is -2.10. The summed E-state index contributed by atoms with van der Waals surface area (Å²) in [5, 5.41) is 0. The molecule has 1 heterocycles. The molecule has 1 aromatic carbocycles. The number of rotatable bonds is 3. The Morgan fingerprint density at radius 2 is 1.76 bits per heavy atom. The first kappa shape index (κ1) is 11.4. The second kappa shape index (κ2) is 4.82. The van der Waals surface area contributed by atoms with Crippen molar-refractivity contribution in [3.05, 3.63) is 36.7 Å². The highest BCUT2D eigenvalue weighted by molar-refractivity contribution is 5.63. The third kappa shape index (κ3) is 2.53. The minimum Gasteiger partial charge on any atom is -0.497 e. The summed E-state index contributed by atoms with van der Waals surface area (Å²) in [6, 6.07) is 7.84. The van der Waals surface area contributed by atoms with Gasteiger partial charge in [0.15, 0.2) is 0 Å². The summed E-state index contributed by atoms with van der Waals surface area (Å²) in [5.74, 6) is 1.54. The predicted molar refractivity (Wildman–Crippen MR) is 68.3 cm³/mol. The quantitative estimate of drug-likeness (QED) is 0.809. The largest absolute Gasteiger partial charge is 0.497 e. The first-order valence-corrected chi connectivity index (χ1v) is 5.34. The number of benzene rings is 1. The van der Waals surface area contributed by atoms with Gasteiger partial charge in [-0.1, -0.05) is 12.1 Å². The monoisotopic (exact) mass is 229 g/mol. The Labute approximate surface area is 101 Å². The van der Waals surface area contributed by atoms with Crippen LogP contribution >= 0.6 is 0 Å². The van der Waals surface area contributed by atoms with Crippen molar-refractivity contribution >= 4 is 5.95 Å². The molecule has 0 N–H and O–H groups in total. The molecule has 0 fully saturated rings. The van der Waals surface area contributed by atoms with E-state index in [4.69, 9.17) is 4.74 Å². The van der Waals surface area contributed by atoms with Gasteiger partial charge in [0.05, 0.1) is 7.11 Å². The molecule has 88 valence electrons. The Bertz CT molecular complexity index is 494. The van der Waals surface area contributed by atoms with Crippen LogP contribution in [0.3, 0.4) is 0 Å². The highest BCUT2D eigenvalue weighted by Gasteiger charge is 2.02. The summed E-state index contributed by atoms with van der Waals surface area (Å²) in [6.07, 6.45) is 3.63. The molecule has 0 unspecified atom stereocenters. The van der Waals surface area contributed by atoms with Gasteiger partial charge in [-0.3, -0.25) is 0 Å². The molecule has 1 aromatic heterocycles. The van der Waals surface area contributed by atoms with Gasteiger partial charge in [-0.15, -0.1) is 0 Å². The van der Waals surface area contributed by atoms with E-state index in [1.807, 2.05) is 55.7 Å². The smallest absolute Gasteiger partial charge is 0.224 e. The van der Waals surface area contributed by atoms with Crippen molar-refractivity contribution in [2.24, 2.45) is 0 Å². The van der Waals surface area contributed by atoms with Crippen molar-refractivity contribution in [1.82, 2.24) is 9.97 Å². The second-order valence-electron chi connectivity index (χ2n) is 3.90. The first-order valence-electron chi connectivity index (χ1n) is 5.34. The topological polar surface area (TPSA) is 38.2 Å². The summed E-state index contributed by atoms with van der Waals surface area (Å²) in [5.41, 5.74) is 2.03. The lowest BCUT2D eigenvalue weighted by molar-refractivity contribution is 0.415. The first-order chi connectivity index (χ1) is 8.20. The van der Waals surface area contributed by atoms with Gasteiger partial charge in [0.1, 0.15) is 5.75 Å². The third-order valence-corrected chi connectivity index (χ3v) is 2.44. The number of aromatic nitrogens is 2. The average molecular weight is 229 g/mol. The van der Waals surface area contributed by atoms with Crippen LogP contribution in [0.2, 0.25) is 0 Å². The zero-order valence-corrected chi connectivity index (χ0v) is 10.2. The zero-order valence-electron chi connectivity index (χ0n) is 10.2. The fourth-order valence-electron chi connectivity index (χ4n) is 1.50. The van der Waals surface area contributed by atoms with Crippen LogP contribution in [-0.4, -0.2) is 31.2 Å². The molecule has 0 radical (unpaired) electrons. The minimum absolute atomic E-state index is 0.705. The molecule has 4 heteroatoms. The lowest BCUT2D eigenvalue weighted by atomic mass is 10.1. The van der Waals surface area contributed by atoms with E-state index in [0.717, 1.165) is 16.9 Å². The molecule has 2 aromatic rings.